The van der Waals surface area contributed by atoms with Crippen LogP contribution in [0, 0.1) is 11.3 Å². The molecule has 1 aliphatic carbocycles. The highest BCUT2D eigenvalue weighted by Gasteiger charge is 2.36. The third-order valence-electron chi connectivity index (χ3n) is 5.53. The molecule has 0 N–H and O–H groups in total. The standard InChI is InChI=1S/C22H32ClN/c1-7-16(2)20(17-9-8-10-19(23)15-17)24-22(6)13-11-18(12-14-22)21(3,4)5/h8-10,15,18H,2,7,11-14H2,1,3-6H3. The van der Waals surface area contributed by atoms with Crippen LogP contribution in [0.4, 0.5) is 0 Å². The van der Waals surface area contributed by atoms with Crippen molar-refractivity contribution >= 4 is 17.3 Å². The van der Waals surface area contributed by atoms with Gasteiger partial charge in [0.1, 0.15) is 0 Å². The van der Waals surface area contributed by atoms with Crippen LogP contribution >= 0.6 is 11.6 Å². The Balaban J connectivity index is 2.28. The van der Waals surface area contributed by atoms with Gasteiger partial charge in [-0.05, 0) is 68.1 Å². The van der Waals surface area contributed by atoms with Crippen molar-refractivity contribution < 1.29 is 0 Å². The van der Waals surface area contributed by atoms with E-state index in [2.05, 4.69) is 47.3 Å². The van der Waals surface area contributed by atoms with E-state index in [-0.39, 0.29) is 5.54 Å². The second-order valence-electron chi connectivity index (χ2n) is 8.57. The summed E-state index contributed by atoms with van der Waals surface area (Å²) >= 11 is 6.20. The van der Waals surface area contributed by atoms with Crippen molar-refractivity contribution in [3.05, 3.63) is 47.0 Å². The van der Waals surface area contributed by atoms with Gasteiger partial charge < -0.3 is 0 Å². The normalized spacial score (nSPS) is 25.6. The maximum Gasteiger partial charge on any atom is 0.0679 e. The van der Waals surface area contributed by atoms with E-state index in [0.29, 0.717) is 5.41 Å². The maximum atomic E-state index is 6.20. The molecule has 1 saturated carbocycles. The van der Waals surface area contributed by atoms with E-state index < -0.39 is 0 Å². The van der Waals surface area contributed by atoms with E-state index in [0.717, 1.165) is 47.1 Å². The summed E-state index contributed by atoms with van der Waals surface area (Å²) < 4.78 is 0. The Morgan fingerprint density at radius 3 is 2.42 bits per heavy atom. The van der Waals surface area contributed by atoms with Crippen molar-refractivity contribution in [2.45, 2.75) is 72.3 Å². The molecule has 0 aromatic heterocycles. The average molecular weight is 346 g/mol. The molecule has 0 unspecified atom stereocenters. The van der Waals surface area contributed by atoms with Gasteiger partial charge in [0.2, 0.25) is 0 Å². The van der Waals surface area contributed by atoms with Gasteiger partial charge in [0.25, 0.3) is 0 Å². The van der Waals surface area contributed by atoms with Crippen LogP contribution < -0.4 is 0 Å². The Morgan fingerprint density at radius 1 is 1.29 bits per heavy atom. The molecule has 0 aliphatic heterocycles. The Hall–Kier alpha value is -1.08. The number of rotatable bonds is 4. The molecular weight excluding hydrogens is 314 g/mol. The molecule has 2 heteroatoms. The summed E-state index contributed by atoms with van der Waals surface area (Å²) in [5.74, 6) is 0.796. The van der Waals surface area contributed by atoms with E-state index in [1.165, 1.54) is 12.8 Å². The molecule has 1 nitrogen and oxygen atoms in total. The van der Waals surface area contributed by atoms with Crippen LogP contribution in [0.3, 0.4) is 0 Å². The smallest absolute Gasteiger partial charge is 0.0679 e. The van der Waals surface area contributed by atoms with Crippen LogP contribution in [0.2, 0.25) is 5.02 Å². The summed E-state index contributed by atoms with van der Waals surface area (Å²) in [5, 5.41) is 0.755. The number of allylic oxidation sites excluding steroid dienone is 1. The predicted molar refractivity (Wildman–Crippen MR) is 107 cm³/mol. The van der Waals surface area contributed by atoms with Gasteiger partial charge in [0.15, 0.2) is 0 Å². The molecule has 132 valence electrons. The fraction of sp³-hybridized carbons (Fsp3) is 0.591. The SMILES string of the molecule is C=C(CC)C(=NC1(C)CCC(C(C)(C)C)CC1)c1cccc(Cl)c1. The molecule has 0 amide bonds. The Morgan fingerprint density at radius 2 is 1.92 bits per heavy atom. The lowest BCUT2D eigenvalue weighted by Crippen LogP contribution is -2.34. The van der Waals surface area contributed by atoms with Gasteiger partial charge in [-0.3, -0.25) is 4.99 Å². The molecule has 0 radical (unpaired) electrons. The van der Waals surface area contributed by atoms with Crippen LogP contribution in [0.25, 0.3) is 0 Å². The Kier molecular flexibility index (Phi) is 5.96. The van der Waals surface area contributed by atoms with Crippen LogP contribution in [0.15, 0.2) is 41.4 Å². The van der Waals surface area contributed by atoms with Crippen LogP contribution in [0.5, 0.6) is 0 Å². The first kappa shape index (κ1) is 19.2. The average Bonchev–Trinajstić information content (AvgIpc) is 2.51. The topological polar surface area (TPSA) is 12.4 Å². The second-order valence-corrected chi connectivity index (χ2v) is 9.00. The first-order chi connectivity index (χ1) is 11.1. The van der Waals surface area contributed by atoms with E-state index in [4.69, 9.17) is 16.6 Å². The fourth-order valence-electron chi connectivity index (χ4n) is 3.64. The molecule has 0 heterocycles. The fourth-order valence-corrected chi connectivity index (χ4v) is 3.83. The molecule has 24 heavy (non-hydrogen) atoms. The lowest BCUT2D eigenvalue weighted by Gasteiger charge is -2.40. The van der Waals surface area contributed by atoms with Crippen molar-refractivity contribution in [3.8, 4) is 0 Å². The molecule has 0 bridgehead atoms. The predicted octanol–water partition coefficient (Wildman–Crippen LogP) is 7.09. The minimum Gasteiger partial charge on any atom is -0.278 e. The van der Waals surface area contributed by atoms with E-state index in [1.807, 2.05) is 18.2 Å². The molecule has 0 saturated heterocycles. The largest absolute Gasteiger partial charge is 0.278 e. The highest BCUT2D eigenvalue weighted by Crippen LogP contribution is 2.43. The lowest BCUT2D eigenvalue weighted by molar-refractivity contribution is 0.142. The molecule has 0 spiro atoms. The highest BCUT2D eigenvalue weighted by atomic mass is 35.5. The van der Waals surface area contributed by atoms with Gasteiger partial charge in [-0.25, -0.2) is 0 Å². The number of hydrogen-bond donors (Lipinski definition) is 0. The number of halogens is 1. The minimum absolute atomic E-state index is 0.0114. The van der Waals surface area contributed by atoms with Crippen LogP contribution in [-0.4, -0.2) is 11.3 Å². The van der Waals surface area contributed by atoms with Crippen molar-refractivity contribution in [1.82, 2.24) is 0 Å². The van der Waals surface area contributed by atoms with Gasteiger partial charge in [-0.15, -0.1) is 0 Å². The van der Waals surface area contributed by atoms with E-state index in [9.17, 15) is 0 Å². The lowest BCUT2D eigenvalue weighted by atomic mass is 9.68. The van der Waals surface area contributed by atoms with E-state index in [1.54, 1.807) is 0 Å². The number of nitrogens with zero attached hydrogens (tertiary/aromatic N) is 1. The zero-order chi connectivity index (χ0) is 18.0. The zero-order valence-corrected chi connectivity index (χ0v) is 16.7. The summed E-state index contributed by atoms with van der Waals surface area (Å²) in [6, 6.07) is 8.00. The highest BCUT2D eigenvalue weighted by molar-refractivity contribution is 6.31. The van der Waals surface area contributed by atoms with Crippen molar-refractivity contribution in [2.75, 3.05) is 0 Å². The zero-order valence-electron chi connectivity index (χ0n) is 16.0. The van der Waals surface area contributed by atoms with Gasteiger partial charge >= 0.3 is 0 Å². The molecule has 1 aliphatic rings. The maximum absolute atomic E-state index is 6.20. The quantitative estimate of drug-likeness (QED) is 0.516. The third-order valence-corrected chi connectivity index (χ3v) is 5.76. The monoisotopic (exact) mass is 345 g/mol. The summed E-state index contributed by atoms with van der Waals surface area (Å²) in [6.07, 6.45) is 5.72. The van der Waals surface area contributed by atoms with Gasteiger partial charge in [0.05, 0.1) is 11.3 Å². The summed E-state index contributed by atoms with van der Waals surface area (Å²) in [5.41, 5.74) is 3.63. The minimum atomic E-state index is 0.0114. The van der Waals surface area contributed by atoms with Crippen molar-refractivity contribution in [1.29, 1.82) is 0 Å². The second kappa shape index (κ2) is 7.44. The van der Waals surface area contributed by atoms with Gasteiger partial charge in [0, 0.05) is 10.6 Å². The van der Waals surface area contributed by atoms with Crippen LogP contribution in [0.1, 0.15) is 72.3 Å². The third kappa shape index (κ3) is 4.72. The number of benzene rings is 1. The van der Waals surface area contributed by atoms with Crippen molar-refractivity contribution in [2.24, 2.45) is 16.3 Å². The van der Waals surface area contributed by atoms with Gasteiger partial charge in [-0.2, -0.15) is 0 Å². The van der Waals surface area contributed by atoms with Gasteiger partial charge in [-0.1, -0.05) is 58.0 Å². The molecule has 1 aromatic carbocycles. The molecule has 1 fully saturated rings. The first-order valence-corrected chi connectivity index (χ1v) is 9.56. The van der Waals surface area contributed by atoms with E-state index >= 15 is 0 Å². The molecule has 1 aromatic rings. The van der Waals surface area contributed by atoms with Crippen LogP contribution in [-0.2, 0) is 0 Å². The first-order valence-electron chi connectivity index (χ1n) is 9.18. The summed E-state index contributed by atoms with van der Waals surface area (Å²) in [6.45, 7) is 15.8. The molecular formula is C22H32ClN. The molecule has 0 atom stereocenters. The number of aliphatic imine (C=N–C) groups is 1. The Labute approximate surface area is 153 Å². The number of hydrogen-bond acceptors (Lipinski definition) is 1. The summed E-state index contributed by atoms with van der Waals surface area (Å²) in [4.78, 5) is 5.22. The molecule has 2 rings (SSSR count). The van der Waals surface area contributed by atoms with Crippen molar-refractivity contribution in [3.63, 3.8) is 0 Å². The summed E-state index contributed by atoms with van der Waals surface area (Å²) in [7, 11) is 0. The Bertz CT molecular complexity index is 613.